The van der Waals surface area contributed by atoms with Gasteiger partial charge in [-0.05, 0) is 0 Å². The number of carboxylic acid groups (broad SMARTS) is 3. The molecular weight excluding hydrogens is 262 g/mol. The van der Waals surface area contributed by atoms with Crippen LogP contribution in [0.15, 0.2) is 0 Å². The van der Waals surface area contributed by atoms with Crippen molar-refractivity contribution in [2.24, 2.45) is 5.73 Å². The van der Waals surface area contributed by atoms with Gasteiger partial charge in [0.15, 0.2) is 6.10 Å². The van der Waals surface area contributed by atoms with Crippen LogP contribution >= 0.6 is 0 Å². The van der Waals surface area contributed by atoms with Crippen molar-refractivity contribution in [1.29, 1.82) is 0 Å². The maximum absolute atomic E-state index is 9.72. The summed E-state index contributed by atoms with van der Waals surface area (Å²) in [6.45, 7) is -0.278. The number of carbonyl (C=O) groups is 3. The molecule has 0 saturated carbocycles. The standard InChI is InChI=1S/C4H6O5.C2H5NO2.Cu/c5-2(4(8)9)1-3(6)7;3-1-2(4)5;/h2,5H,1H2,(H,6,7)(H,8,9);1,3H2,(H,4,5);/q;;+2. The predicted molar refractivity (Wildman–Crippen MR) is 42.6 cm³/mol. The largest absolute Gasteiger partial charge is 2.00 e. The second kappa shape index (κ2) is 10.9. The van der Waals surface area contributed by atoms with Crippen LogP contribution in [0, 0.1) is 0 Å². The molecule has 0 aromatic rings. The second-order valence-corrected chi connectivity index (χ2v) is 2.05. The smallest absolute Gasteiger partial charge is 0.481 e. The van der Waals surface area contributed by atoms with Gasteiger partial charge in [-0.3, -0.25) is 9.59 Å². The number of aliphatic carboxylic acids is 3. The summed E-state index contributed by atoms with van der Waals surface area (Å²) >= 11 is 0. The number of aliphatic hydroxyl groups excluding tert-OH is 1. The molecule has 0 saturated heterocycles. The van der Waals surface area contributed by atoms with Gasteiger partial charge in [-0.25, -0.2) is 4.79 Å². The Morgan fingerprint density at radius 1 is 1.07 bits per heavy atom. The first-order valence-corrected chi connectivity index (χ1v) is 3.35. The van der Waals surface area contributed by atoms with Gasteiger partial charge in [-0.1, -0.05) is 0 Å². The number of hydrogen-bond donors (Lipinski definition) is 5. The zero-order valence-corrected chi connectivity index (χ0v) is 8.33. The molecule has 91 valence electrons. The van der Waals surface area contributed by atoms with Gasteiger partial charge in [0.25, 0.3) is 0 Å². The van der Waals surface area contributed by atoms with Crippen LogP contribution in [-0.2, 0) is 31.5 Å². The fraction of sp³-hybridized carbons (Fsp3) is 0.500. The molecular formula is C6H11CuNO7+2. The predicted octanol–water partition coefficient (Wildman–Crippen LogP) is -2.07. The SMILES string of the molecule is NCC(=O)O.O=C(O)CC(O)C(=O)O.[Cu+2]. The number of nitrogens with two attached hydrogens (primary N) is 1. The number of carboxylic acids is 3. The maximum Gasteiger partial charge on any atom is 2.00 e. The van der Waals surface area contributed by atoms with Gasteiger partial charge in [0.2, 0.25) is 0 Å². The Kier molecular flexibility index (Phi) is 14.2. The van der Waals surface area contributed by atoms with E-state index in [2.05, 4.69) is 5.73 Å². The van der Waals surface area contributed by atoms with E-state index in [1.807, 2.05) is 0 Å². The summed E-state index contributed by atoms with van der Waals surface area (Å²) in [6.07, 6.45) is -2.54. The normalized spacial score (nSPS) is 10.0. The van der Waals surface area contributed by atoms with Crippen molar-refractivity contribution in [3.63, 3.8) is 0 Å². The van der Waals surface area contributed by atoms with Gasteiger partial charge < -0.3 is 26.2 Å². The van der Waals surface area contributed by atoms with Crippen LogP contribution in [0.3, 0.4) is 0 Å². The maximum atomic E-state index is 9.72. The topological polar surface area (TPSA) is 158 Å². The molecule has 0 amide bonds. The Labute approximate surface area is 95.2 Å². The molecule has 0 rings (SSSR count). The fourth-order valence-corrected chi connectivity index (χ4v) is 0.253. The van der Waals surface area contributed by atoms with E-state index in [4.69, 9.17) is 20.4 Å². The van der Waals surface area contributed by atoms with E-state index in [-0.39, 0.29) is 23.6 Å². The second-order valence-electron chi connectivity index (χ2n) is 2.05. The molecule has 6 N–H and O–H groups in total. The minimum Gasteiger partial charge on any atom is -0.481 e. The first kappa shape index (κ1) is 19.4. The summed E-state index contributed by atoms with van der Waals surface area (Å²) in [7, 11) is 0. The zero-order valence-electron chi connectivity index (χ0n) is 7.38. The Balaban J connectivity index is -0.000000208. The summed E-state index contributed by atoms with van der Waals surface area (Å²) in [4.78, 5) is 28.7. The average Bonchev–Trinajstić information content (AvgIpc) is 2.04. The van der Waals surface area contributed by atoms with Crippen molar-refractivity contribution in [3.8, 4) is 0 Å². The molecule has 0 aromatic heterocycles. The van der Waals surface area contributed by atoms with E-state index < -0.39 is 30.4 Å². The van der Waals surface area contributed by atoms with Crippen LogP contribution in [0.1, 0.15) is 6.42 Å². The molecule has 8 nitrogen and oxygen atoms in total. The van der Waals surface area contributed by atoms with E-state index in [1.54, 1.807) is 0 Å². The molecule has 1 radical (unpaired) electrons. The van der Waals surface area contributed by atoms with Gasteiger partial charge in [0.1, 0.15) is 0 Å². The van der Waals surface area contributed by atoms with Crippen LogP contribution in [-0.4, -0.2) is 51.0 Å². The third-order valence-electron chi connectivity index (χ3n) is 0.828. The summed E-state index contributed by atoms with van der Waals surface area (Å²) in [6, 6.07) is 0. The van der Waals surface area contributed by atoms with Gasteiger partial charge in [-0.15, -0.1) is 0 Å². The molecule has 1 atom stereocenters. The van der Waals surface area contributed by atoms with Gasteiger partial charge in [-0.2, -0.15) is 0 Å². The zero-order chi connectivity index (χ0) is 11.7. The van der Waals surface area contributed by atoms with Crippen LogP contribution < -0.4 is 5.73 Å². The summed E-state index contributed by atoms with van der Waals surface area (Å²) < 4.78 is 0. The molecule has 0 aromatic carbocycles. The van der Waals surface area contributed by atoms with Crippen molar-refractivity contribution in [2.75, 3.05) is 6.54 Å². The van der Waals surface area contributed by atoms with Crippen LogP contribution in [0.25, 0.3) is 0 Å². The number of aliphatic hydroxyl groups is 1. The van der Waals surface area contributed by atoms with Crippen molar-refractivity contribution in [2.45, 2.75) is 12.5 Å². The van der Waals surface area contributed by atoms with Gasteiger partial charge >= 0.3 is 35.0 Å². The Morgan fingerprint density at radius 2 is 1.40 bits per heavy atom. The van der Waals surface area contributed by atoms with E-state index in [9.17, 15) is 14.4 Å². The van der Waals surface area contributed by atoms with Crippen molar-refractivity contribution in [3.05, 3.63) is 0 Å². The van der Waals surface area contributed by atoms with Gasteiger partial charge in [0.05, 0.1) is 13.0 Å². The van der Waals surface area contributed by atoms with Crippen molar-refractivity contribution in [1.82, 2.24) is 0 Å². The molecule has 0 bridgehead atoms. The van der Waals surface area contributed by atoms with Crippen LogP contribution in [0.5, 0.6) is 0 Å². The molecule has 0 aliphatic heterocycles. The molecule has 0 aliphatic carbocycles. The molecule has 0 fully saturated rings. The first-order chi connectivity index (χ1) is 6.31. The van der Waals surface area contributed by atoms with E-state index >= 15 is 0 Å². The Bertz CT molecular complexity index is 220. The third kappa shape index (κ3) is 19.3. The molecule has 15 heavy (non-hydrogen) atoms. The third-order valence-corrected chi connectivity index (χ3v) is 0.828. The van der Waals surface area contributed by atoms with Crippen molar-refractivity contribution >= 4 is 17.9 Å². The monoisotopic (exact) mass is 272 g/mol. The summed E-state index contributed by atoms with van der Waals surface area (Å²) in [5, 5.41) is 31.7. The van der Waals surface area contributed by atoms with E-state index in [1.165, 1.54) is 0 Å². The minimum absolute atomic E-state index is 0. The molecule has 0 spiro atoms. The van der Waals surface area contributed by atoms with Crippen molar-refractivity contribution < 1.29 is 51.9 Å². The number of rotatable bonds is 4. The Hall–Kier alpha value is -1.15. The minimum atomic E-state index is -1.79. The first-order valence-electron chi connectivity index (χ1n) is 3.35. The quantitative estimate of drug-likeness (QED) is 0.365. The summed E-state index contributed by atoms with van der Waals surface area (Å²) in [5.74, 6) is -3.81. The average molecular weight is 273 g/mol. The molecule has 9 heteroatoms. The van der Waals surface area contributed by atoms with Crippen LogP contribution in [0.4, 0.5) is 0 Å². The fourth-order valence-electron chi connectivity index (χ4n) is 0.253. The molecule has 1 unspecified atom stereocenters. The Morgan fingerprint density at radius 3 is 1.47 bits per heavy atom. The van der Waals surface area contributed by atoms with Gasteiger partial charge in [0, 0.05) is 0 Å². The summed E-state index contributed by atoms with van der Waals surface area (Å²) in [5.41, 5.74) is 4.57. The molecule has 0 aliphatic rings. The van der Waals surface area contributed by atoms with E-state index in [0.717, 1.165) is 0 Å². The van der Waals surface area contributed by atoms with E-state index in [0.29, 0.717) is 0 Å². The molecule has 0 heterocycles. The number of hydrogen-bond acceptors (Lipinski definition) is 5. The van der Waals surface area contributed by atoms with Crippen LogP contribution in [0.2, 0.25) is 0 Å².